The Morgan fingerprint density at radius 3 is 2.88 bits per heavy atom. The predicted molar refractivity (Wildman–Crippen MR) is 32.4 cm³/mol. The van der Waals surface area contributed by atoms with E-state index in [0.29, 0.717) is 11.6 Å². The van der Waals surface area contributed by atoms with Crippen molar-refractivity contribution in [1.29, 1.82) is 0 Å². The van der Waals surface area contributed by atoms with E-state index in [1.54, 1.807) is 6.07 Å². The van der Waals surface area contributed by atoms with E-state index in [9.17, 15) is 4.55 Å². The number of halogens is 1. The summed E-state index contributed by atoms with van der Waals surface area (Å²) in [5.74, 6) is 0.349. The van der Waals surface area contributed by atoms with Gasteiger partial charge in [-0.2, -0.15) is 0 Å². The van der Waals surface area contributed by atoms with Gasteiger partial charge in [0, 0.05) is 6.07 Å². The lowest BCUT2D eigenvalue weighted by molar-refractivity contribution is 0.591. The van der Waals surface area contributed by atoms with Crippen LogP contribution in [0.4, 0.5) is 0 Å². The second-order valence-electron chi connectivity index (χ2n) is 1.30. The summed E-state index contributed by atoms with van der Waals surface area (Å²) in [5, 5.41) is 1.51. The summed E-state index contributed by atoms with van der Waals surface area (Å²) < 4.78 is 14.0. The van der Waals surface area contributed by atoms with Crippen molar-refractivity contribution in [2.24, 2.45) is 0 Å². The number of nitrogens with zero attached hydrogens (tertiary/aromatic N) is 1. The Morgan fingerprint density at radius 1 is 1.88 bits per heavy atom. The molecule has 0 saturated carbocycles. The Hall–Kier alpha value is -0.120. The molecule has 0 N–H and O–H groups in total. The molecule has 4 heteroatoms. The van der Waals surface area contributed by atoms with Gasteiger partial charge in [-0.15, -0.1) is 11.6 Å². The molecule has 0 aliphatic carbocycles. The van der Waals surface area contributed by atoms with Crippen molar-refractivity contribution in [3.05, 3.63) is 17.1 Å². The molecule has 0 saturated heterocycles. The predicted octanol–water partition coefficient (Wildman–Crippen LogP) is 1.55. The number of hydrogen-bond acceptors (Lipinski definition) is 2. The zero-order valence-corrected chi connectivity index (χ0v) is 5.58. The highest BCUT2D eigenvalue weighted by molar-refractivity contribution is 7.17. The lowest BCUT2D eigenvalue weighted by Crippen LogP contribution is -1.71. The van der Waals surface area contributed by atoms with Crippen LogP contribution >= 0.6 is 22.5 Å². The van der Waals surface area contributed by atoms with E-state index in [4.69, 9.17) is 11.6 Å². The third-order valence-corrected chi connectivity index (χ3v) is 1.78. The van der Waals surface area contributed by atoms with E-state index in [2.05, 4.69) is 4.37 Å². The van der Waals surface area contributed by atoms with Gasteiger partial charge in [-0.25, -0.2) is 0 Å². The van der Waals surface area contributed by atoms with Crippen molar-refractivity contribution in [1.82, 2.24) is 4.37 Å². The zero-order valence-electron chi connectivity index (χ0n) is 4.00. The quantitative estimate of drug-likeness (QED) is 0.449. The molecule has 8 heavy (non-hydrogen) atoms. The molecule has 1 rings (SSSR count). The van der Waals surface area contributed by atoms with Crippen LogP contribution in [0.2, 0.25) is 0 Å². The maximum atomic E-state index is 10.4. The average molecular weight is 150 g/mol. The van der Waals surface area contributed by atoms with Gasteiger partial charge in [0.05, 0.1) is 16.8 Å². The van der Waals surface area contributed by atoms with Crippen molar-refractivity contribution in [3.8, 4) is 0 Å². The molecule has 44 valence electrons. The molecule has 1 aromatic rings. The van der Waals surface area contributed by atoms with Gasteiger partial charge in [-0.1, -0.05) is 0 Å². The Morgan fingerprint density at radius 2 is 2.62 bits per heavy atom. The minimum Gasteiger partial charge on any atom is -0.569 e. The molecular formula is C4H4ClNOS. The molecule has 1 unspecified atom stereocenters. The molecule has 1 atom stereocenters. The summed E-state index contributed by atoms with van der Waals surface area (Å²) in [4.78, 5) is 0. The second kappa shape index (κ2) is 2.44. The van der Waals surface area contributed by atoms with Gasteiger partial charge in [-0.05, 0) is 4.37 Å². The largest absolute Gasteiger partial charge is 0.569 e. The number of alkyl halides is 1. The van der Waals surface area contributed by atoms with Crippen LogP contribution in [0.25, 0.3) is 0 Å². The summed E-state index contributed by atoms with van der Waals surface area (Å²) in [6.45, 7) is 0. The highest BCUT2D eigenvalue weighted by Gasteiger charge is 1.97. The highest BCUT2D eigenvalue weighted by atomic mass is 35.5. The fourth-order valence-electron chi connectivity index (χ4n) is 0.382. The first-order chi connectivity index (χ1) is 3.83. The second-order valence-corrected chi connectivity index (χ2v) is 2.57. The molecule has 1 heterocycles. The van der Waals surface area contributed by atoms with Gasteiger partial charge in [0.1, 0.15) is 5.69 Å². The van der Waals surface area contributed by atoms with E-state index in [1.165, 1.54) is 5.38 Å². The minimum atomic E-state index is -1.13. The van der Waals surface area contributed by atoms with Crippen LogP contribution in [0.15, 0.2) is 11.4 Å². The van der Waals surface area contributed by atoms with E-state index in [0.717, 1.165) is 0 Å². The van der Waals surface area contributed by atoms with Crippen LogP contribution in [-0.4, -0.2) is 8.93 Å². The number of hydrogen-bond donors (Lipinski definition) is 0. The first kappa shape index (κ1) is 6.01. The fourth-order valence-corrected chi connectivity index (χ4v) is 1.29. The van der Waals surface area contributed by atoms with Gasteiger partial charge in [-0.3, -0.25) is 0 Å². The van der Waals surface area contributed by atoms with Crippen LogP contribution < -0.4 is 0 Å². The first-order valence-corrected chi connectivity index (χ1v) is 3.76. The van der Waals surface area contributed by atoms with Crippen molar-refractivity contribution in [2.45, 2.75) is 5.88 Å². The van der Waals surface area contributed by atoms with Gasteiger partial charge >= 0.3 is 0 Å². The van der Waals surface area contributed by atoms with Crippen LogP contribution in [-0.2, 0) is 5.88 Å². The summed E-state index contributed by atoms with van der Waals surface area (Å²) >= 11 is 5.36. The standard InChI is InChI=1S/C4H4ClNOS/c5-3-4-1-2-8(7)6-4/h1-2H,3H2. The smallest absolute Gasteiger partial charge is 0.163 e. The molecule has 0 amide bonds. The van der Waals surface area contributed by atoms with Gasteiger partial charge in [0.15, 0.2) is 5.38 Å². The average Bonchev–Trinajstić information content (AvgIpc) is 2.14. The van der Waals surface area contributed by atoms with Gasteiger partial charge < -0.3 is 4.55 Å². The Kier molecular flexibility index (Phi) is 1.83. The maximum absolute atomic E-state index is 10.4. The van der Waals surface area contributed by atoms with Crippen molar-refractivity contribution < 1.29 is 4.55 Å². The summed E-state index contributed by atoms with van der Waals surface area (Å²) in [7, 11) is -1.13. The van der Waals surface area contributed by atoms with E-state index in [-0.39, 0.29) is 0 Å². The fraction of sp³-hybridized carbons (Fsp3) is 0.250. The van der Waals surface area contributed by atoms with E-state index in [1.807, 2.05) is 0 Å². The third-order valence-electron chi connectivity index (χ3n) is 0.721. The molecule has 0 fully saturated rings. The number of rotatable bonds is 1. The highest BCUT2D eigenvalue weighted by Crippen LogP contribution is 2.10. The molecule has 0 spiro atoms. The van der Waals surface area contributed by atoms with E-state index >= 15 is 0 Å². The van der Waals surface area contributed by atoms with Crippen LogP contribution in [0, 0.1) is 0 Å². The normalized spacial score (nSPS) is 12.0. The van der Waals surface area contributed by atoms with E-state index < -0.39 is 10.9 Å². The molecule has 2 nitrogen and oxygen atoms in total. The topological polar surface area (TPSA) is 36.0 Å². The molecule has 0 aliphatic heterocycles. The monoisotopic (exact) mass is 149 g/mol. The lowest BCUT2D eigenvalue weighted by atomic mass is 10.5. The molecular weight excluding hydrogens is 146 g/mol. The third kappa shape index (κ3) is 1.18. The van der Waals surface area contributed by atoms with Crippen molar-refractivity contribution in [3.63, 3.8) is 0 Å². The Bertz CT molecular complexity index is 176. The van der Waals surface area contributed by atoms with Crippen LogP contribution in [0.1, 0.15) is 5.69 Å². The zero-order chi connectivity index (χ0) is 5.98. The molecule has 0 radical (unpaired) electrons. The van der Waals surface area contributed by atoms with Crippen molar-refractivity contribution in [2.75, 3.05) is 0 Å². The first-order valence-electron chi connectivity index (χ1n) is 2.05. The summed E-state index contributed by atoms with van der Waals surface area (Å²) in [6, 6.07) is 1.67. The number of aromatic nitrogens is 1. The maximum Gasteiger partial charge on any atom is 0.163 e. The van der Waals surface area contributed by atoms with Crippen molar-refractivity contribution >= 4 is 22.5 Å². The minimum absolute atomic E-state index is 0.349. The molecule has 0 aliphatic rings. The SMILES string of the molecule is [O-][s+]1ccc(CCl)n1. The van der Waals surface area contributed by atoms with Gasteiger partial charge in [0.2, 0.25) is 0 Å². The molecule has 0 bridgehead atoms. The van der Waals surface area contributed by atoms with Gasteiger partial charge in [0.25, 0.3) is 0 Å². The Labute approximate surface area is 55.1 Å². The molecule has 0 aromatic carbocycles. The Balaban J connectivity index is 2.84. The van der Waals surface area contributed by atoms with Crippen LogP contribution in [0.5, 0.6) is 0 Å². The summed E-state index contributed by atoms with van der Waals surface area (Å²) in [6.07, 6.45) is 0. The van der Waals surface area contributed by atoms with Crippen LogP contribution in [0.3, 0.4) is 0 Å². The summed E-state index contributed by atoms with van der Waals surface area (Å²) in [5.41, 5.74) is 0.699. The lowest BCUT2D eigenvalue weighted by Gasteiger charge is -1.76. The molecule has 1 aromatic heterocycles.